The molecule has 0 bridgehead atoms. The second kappa shape index (κ2) is 5.82. The number of aliphatic hydroxyl groups is 1. The Hall–Kier alpha value is -0.820. The van der Waals surface area contributed by atoms with Gasteiger partial charge in [-0.05, 0) is 42.4 Å². The highest BCUT2D eigenvalue weighted by molar-refractivity contribution is 5.32. The molecule has 14 heavy (non-hydrogen) atoms. The first-order valence-corrected chi connectivity index (χ1v) is 5.53. The van der Waals surface area contributed by atoms with Crippen molar-refractivity contribution in [1.29, 1.82) is 0 Å². The van der Waals surface area contributed by atoms with Crippen LogP contribution < -0.4 is 0 Å². The van der Waals surface area contributed by atoms with Crippen LogP contribution in [0.15, 0.2) is 18.2 Å². The highest BCUT2D eigenvalue weighted by atomic mass is 16.2. The molecule has 0 saturated heterocycles. The molecule has 0 radical (unpaired) electrons. The number of hydrogen-bond acceptors (Lipinski definition) is 1. The summed E-state index contributed by atoms with van der Waals surface area (Å²) in [6.07, 6.45) is 4.07. The van der Waals surface area contributed by atoms with E-state index in [1.807, 2.05) is 0 Å². The SMILES string of the molecule is CCc1ccc(CCCO)c(CC)c1. The zero-order valence-corrected chi connectivity index (χ0v) is 9.21. The van der Waals surface area contributed by atoms with Crippen LogP contribution in [0, 0.1) is 0 Å². The first kappa shape index (κ1) is 11.3. The molecule has 0 saturated carbocycles. The van der Waals surface area contributed by atoms with E-state index in [-0.39, 0.29) is 0 Å². The molecule has 78 valence electrons. The number of aryl methyl sites for hydroxylation is 3. The van der Waals surface area contributed by atoms with Gasteiger partial charge in [-0.2, -0.15) is 0 Å². The molecule has 0 amide bonds. The Morgan fingerprint density at radius 2 is 1.86 bits per heavy atom. The Morgan fingerprint density at radius 1 is 1.07 bits per heavy atom. The third-order valence-corrected chi connectivity index (χ3v) is 2.66. The Morgan fingerprint density at radius 3 is 2.43 bits per heavy atom. The molecule has 0 aliphatic heterocycles. The normalized spacial score (nSPS) is 10.5. The maximum atomic E-state index is 8.79. The molecule has 1 rings (SSSR count). The van der Waals surface area contributed by atoms with Crippen molar-refractivity contribution < 1.29 is 5.11 Å². The summed E-state index contributed by atoms with van der Waals surface area (Å²) in [6.45, 7) is 4.66. The van der Waals surface area contributed by atoms with Gasteiger partial charge in [0.15, 0.2) is 0 Å². The second-order valence-corrected chi connectivity index (χ2v) is 3.64. The average Bonchev–Trinajstić information content (AvgIpc) is 2.26. The molecular formula is C13H20O. The molecule has 0 aliphatic rings. The van der Waals surface area contributed by atoms with E-state index in [0.717, 1.165) is 25.7 Å². The maximum Gasteiger partial charge on any atom is 0.0434 e. The lowest BCUT2D eigenvalue weighted by atomic mass is 9.98. The quantitative estimate of drug-likeness (QED) is 0.760. The number of benzene rings is 1. The van der Waals surface area contributed by atoms with Crippen molar-refractivity contribution in [2.24, 2.45) is 0 Å². The van der Waals surface area contributed by atoms with Gasteiger partial charge in [0.1, 0.15) is 0 Å². The van der Waals surface area contributed by atoms with Gasteiger partial charge in [0.25, 0.3) is 0 Å². The van der Waals surface area contributed by atoms with E-state index >= 15 is 0 Å². The van der Waals surface area contributed by atoms with Crippen molar-refractivity contribution in [3.05, 3.63) is 34.9 Å². The molecule has 1 N–H and O–H groups in total. The number of hydrogen-bond donors (Lipinski definition) is 1. The van der Waals surface area contributed by atoms with Crippen LogP contribution in [0.4, 0.5) is 0 Å². The van der Waals surface area contributed by atoms with Crippen LogP contribution in [-0.4, -0.2) is 11.7 Å². The van der Waals surface area contributed by atoms with Gasteiger partial charge in [0.05, 0.1) is 0 Å². The topological polar surface area (TPSA) is 20.2 Å². The van der Waals surface area contributed by atoms with Gasteiger partial charge >= 0.3 is 0 Å². The fourth-order valence-electron chi connectivity index (χ4n) is 1.74. The lowest BCUT2D eigenvalue weighted by molar-refractivity contribution is 0.288. The minimum atomic E-state index is 0.290. The van der Waals surface area contributed by atoms with Crippen LogP contribution in [0.5, 0.6) is 0 Å². The van der Waals surface area contributed by atoms with E-state index in [0.29, 0.717) is 6.61 Å². The van der Waals surface area contributed by atoms with Gasteiger partial charge in [-0.3, -0.25) is 0 Å². The highest BCUT2D eigenvalue weighted by Crippen LogP contribution is 2.15. The minimum Gasteiger partial charge on any atom is -0.396 e. The third-order valence-electron chi connectivity index (χ3n) is 2.66. The van der Waals surface area contributed by atoms with Gasteiger partial charge in [-0.1, -0.05) is 32.0 Å². The van der Waals surface area contributed by atoms with Crippen LogP contribution in [0.1, 0.15) is 37.0 Å². The monoisotopic (exact) mass is 192 g/mol. The van der Waals surface area contributed by atoms with Crippen LogP contribution in [0.25, 0.3) is 0 Å². The Kier molecular flexibility index (Phi) is 4.68. The molecular weight excluding hydrogens is 172 g/mol. The zero-order valence-electron chi connectivity index (χ0n) is 9.21. The Balaban J connectivity index is 2.82. The summed E-state index contributed by atoms with van der Waals surface area (Å²) in [5.41, 5.74) is 4.26. The van der Waals surface area contributed by atoms with Crippen LogP contribution >= 0.6 is 0 Å². The minimum absolute atomic E-state index is 0.290. The van der Waals surface area contributed by atoms with E-state index in [1.54, 1.807) is 0 Å². The van der Waals surface area contributed by atoms with Crippen LogP contribution in [0.3, 0.4) is 0 Å². The predicted molar refractivity (Wildman–Crippen MR) is 60.6 cm³/mol. The summed E-state index contributed by atoms with van der Waals surface area (Å²) in [6, 6.07) is 6.71. The summed E-state index contributed by atoms with van der Waals surface area (Å²) in [5, 5.41) is 8.79. The summed E-state index contributed by atoms with van der Waals surface area (Å²) in [5.74, 6) is 0. The summed E-state index contributed by atoms with van der Waals surface area (Å²) >= 11 is 0. The largest absolute Gasteiger partial charge is 0.396 e. The lowest BCUT2D eigenvalue weighted by Crippen LogP contribution is -1.96. The van der Waals surface area contributed by atoms with Crippen LogP contribution in [-0.2, 0) is 19.3 Å². The molecule has 1 aromatic carbocycles. The van der Waals surface area contributed by atoms with Crippen molar-refractivity contribution in [1.82, 2.24) is 0 Å². The van der Waals surface area contributed by atoms with Crippen molar-refractivity contribution >= 4 is 0 Å². The first-order chi connectivity index (χ1) is 6.81. The number of aliphatic hydroxyl groups excluding tert-OH is 1. The van der Waals surface area contributed by atoms with E-state index in [2.05, 4.69) is 32.0 Å². The Labute approximate surface area is 86.8 Å². The van der Waals surface area contributed by atoms with Crippen molar-refractivity contribution in [2.75, 3.05) is 6.61 Å². The fourth-order valence-corrected chi connectivity index (χ4v) is 1.74. The Bertz CT molecular complexity index is 279. The summed E-state index contributed by atoms with van der Waals surface area (Å²) in [4.78, 5) is 0. The molecule has 0 unspecified atom stereocenters. The predicted octanol–water partition coefficient (Wildman–Crippen LogP) is 2.74. The summed E-state index contributed by atoms with van der Waals surface area (Å²) < 4.78 is 0. The highest BCUT2D eigenvalue weighted by Gasteiger charge is 2.01. The van der Waals surface area contributed by atoms with Gasteiger partial charge in [0.2, 0.25) is 0 Å². The average molecular weight is 192 g/mol. The van der Waals surface area contributed by atoms with Gasteiger partial charge in [0, 0.05) is 6.61 Å². The first-order valence-electron chi connectivity index (χ1n) is 5.53. The maximum absolute atomic E-state index is 8.79. The molecule has 0 aliphatic carbocycles. The van der Waals surface area contributed by atoms with E-state index < -0.39 is 0 Å². The van der Waals surface area contributed by atoms with E-state index in [4.69, 9.17) is 5.11 Å². The van der Waals surface area contributed by atoms with E-state index in [1.165, 1.54) is 16.7 Å². The van der Waals surface area contributed by atoms with Crippen molar-refractivity contribution in [3.63, 3.8) is 0 Å². The second-order valence-electron chi connectivity index (χ2n) is 3.64. The standard InChI is InChI=1S/C13H20O/c1-3-11-7-8-13(6-5-9-14)12(4-2)10-11/h7-8,10,14H,3-6,9H2,1-2H3. The van der Waals surface area contributed by atoms with Gasteiger partial charge < -0.3 is 5.11 Å². The zero-order chi connectivity index (χ0) is 10.4. The molecule has 1 aromatic rings. The van der Waals surface area contributed by atoms with Crippen molar-refractivity contribution in [3.8, 4) is 0 Å². The van der Waals surface area contributed by atoms with Crippen LogP contribution in [0.2, 0.25) is 0 Å². The van der Waals surface area contributed by atoms with Gasteiger partial charge in [-0.15, -0.1) is 0 Å². The third kappa shape index (κ3) is 2.85. The molecule has 1 heteroatoms. The van der Waals surface area contributed by atoms with Crippen molar-refractivity contribution in [2.45, 2.75) is 39.5 Å². The van der Waals surface area contributed by atoms with Gasteiger partial charge in [-0.25, -0.2) is 0 Å². The molecule has 0 heterocycles. The lowest BCUT2D eigenvalue weighted by Gasteiger charge is -2.09. The number of rotatable bonds is 5. The molecule has 0 atom stereocenters. The molecule has 0 spiro atoms. The molecule has 0 aromatic heterocycles. The molecule has 1 nitrogen and oxygen atoms in total. The summed E-state index contributed by atoms with van der Waals surface area (Å²) in [7, 11) is 0. The van der Waals surface area contributed by atoms with E-state index in [9.17, 15) is 0 Å². The smallest absolute Gasteiger partial charge is 0.0434 e. The fraction of sp³-hybridized carbons (Fsp3) is 0.538. The molecule has 0 fully saturated rings.